The number of amides is 2. The van der Waals surface area contributed by atoms with Crippen LogP contribution in [0.5, 0.6) is 0 Å². The highest BCUT2D eigenvalue weighted by molar-refractivity contribution is 5.97. The van der Waals surface area contributed by atoms with Gasteiger partial charge in [-0.2, -0.15) is 0 Å². The summed E-state index contributed by atoms with van der Waals surface area (Å²) < 4.78 is 0. The van der Waals surface area contributed by atoms with E-state index in [2.05, 4.69) is 26.1 Å². The van der Waals surface area contributed by atoms with Gasteiger partial charge >= 0.3 is 0 Å². The molecule has 1 heterocycles. The zero-order valence-electron chi connectivity index (χ0n) is 11.8. The summed E-state index contributed by atoms with van der Waals surface area (Å²) in [6, 6.07) is -0.454. The molecule has 2 fully saturated rings. The van der Waals surface area contributed by atoms with Crippen molar-refractivity contribution in [1.29, 1.82) is 0 Å². The van der Waals surface area contributed by atoms with E-state index in [1.54, 1.807) is 0 Å². The Bertz CT molecular complexity index is 350. The molecule has 0 aromatic heterocycles. The fourth-order valence-corrected chi connectivity index (χ4v) is 2.96. The minimum atomic E-state index is -0.332. The van der Waals surface area contributed by atoms with Crippen LogP contribution in [0.2, 0.25) is 0 Å². The Morgan fingerprint density at radius 1 is 1.28 bits per heavy atom. The molecule has 2 aliphatic rings. The summed E-state index contributed by atoms with van der Waals surface area (Å²) in [5.41, 5.74) is 0. The third-order valence-corrected chi connectivity index (χ3v) is 4.00. The smallest absolute Gasteiger partial charge is 0.246 e. The van der Waals surface area contributed by atoms with Gasteiger partial charge in [-0.1, -0.05) is 13.8 Å². The van der Waals surface area contributed by atoms with Crippen molar-refractivity contribution in [1.82, 2.24) is 10.2 Å². The fourth-order valence-electron chi connectivity index (χ4n) is 2.96. The molecule has 1 aliphatic carbocycles. The molecule has 2 rings (SSSR count). The fraction of sp³-hybridized carbons (Fsp3) is 0.857. The predicted molar refractivity (Wildman–Crippen MR) is 69.9 cm³/mol. The van der Waals surface area contributed by atoms with Gasteiger partial charge < -0.3 is 10.2 Å². The summed E-state index contributed by atoms with van der Waals surface area (Å²) in [5, 5.41) is 2.89. The van der Waals surface area contributed by atoms with Crippen LogP contribution in [0.1, 0.15) is 47.0 Å². The molecule has 4 heteroatoms. The number of rotatable bonds is 4. The topological polar surface area (TPSA) is 49.4 Å². The van der Waals surface area contributed by atoms with Crippen molar-refractivity contribution in [3.63, 3.8) is 0 Å². The summed E-state index contributed by atoms with van der Waals surface area (Å²) in [5.74, 6) is 1.03. The molecule has 3 atom stereocenters. The second-order valence-electron chi connectivity index (χ2n) is 6.22. The normalized spacial score (nSPS) is 30.6. The van der Waals surface area contributed by atoms with Crippen molar-refractivity contribution in [3.05, 3.63) is 0 Å². The van der Waals surface area contributed by atoms with Gasteiger partial charge in [0.1, 0.15) is 12.1 Å². The van der Waals surface area contributed by atoms with E-state index in [0.717, 1.165) is 19.3 Å². The zero-order valence-corrected chi connectivity index (χ0v) is 11.8. The van der Waals surface area contributed by atoms with Crippen LogP contribution >= 0.6 is 0 Å². The van der Waals surface area contributed by atoms with Crippen LogP contribution in [0.25, 0.3) is 0 Å². The lowest BCUT2D eigenvalue weighted by molar-refractivity contribution is -0.152. The van der Waals surface area contributed by atoms with Crippen LogP contribution < -0.4 is 5.32 Å². The van der Waals surface area contributed by atoms with Gasteiger partial charge in [0.25, 0.3) is 0 Å². The molecule has 1 saturated carbocycles. The lowest BCUT2D eigenvalue weighted by Crippen LogP contribution is -2.65. The van der Waals surface area contributed by atoms with Gasteiger partial charge in [0.05, 0.1) is 0 Å². The van der Waals surface area contributed by atoms with Gasteiger partial charge in [0.15, 0.2) is 0 Å². The van der Waals surface area contributed by atoms with E-state index in [9.17, 15) is 9.59 Å². The number of nitrogens with one attached hydrogen (secondary N) is 1. The number of hydrogen-bond acceptors (Lipinski definition) is 2. The molecular formula is C14H24N2O2. The Balaban J connectivity index is 2.13. The van der Waals surface area contributed by atoms with Gasteiger partial charge in [-0.15, -0.1) is 0 Å². The summed E-state index contributed by atoms with van der Waals surface area (Å²) in [7, 11) is 0. The van der Waals surface area contributed by atoms with E-state index in [4.69, 9.17) is 0 Å². The van der Waals surface area contributed by atoms with E-state index in [1.165, 1.54) is 0 Å². The Hall–Kier alpha value is -1.06. The predicted octanol–water partition coefficient (Wildman–Crippen LogP) is 1.55. The lowest BCUT2D eigenvalue weighted by Gasteiger charge is -2.41. The van der Waals surface area contributed by atoms with E-state index < -0.39 is 0 Å². The highest BCUT2D eigenvalue weighted by Gasteiger charge is 2.46. The molecule has 4 nitrogen and oxygen atoms in total. The molecule has 0 bridgehead atoms. The molecule has 18 heavy (non-hydrogen) atoms. The van der Waals surface area contributed by atoms with Crippen LogP contribution in [0.4, 0.5) is 0 Å². The van der Waals surface area contributed by atoms with Crippen molar-refractivity contribution < 1.29 is 9.59 Å². The summed E-state index contributed by atoms with van der Waals surface area (Å²) in [4.78, 5) is 26.3. The largest absolute Gasteiger partial charge is 0.342 e. The summed E-state index contributed by atoms with van der Waals surface area (Å²) in [6.45, 7) is 8.17. The van der Waals surface area contributed by atoms with Crippen LogP contribution in [0.15, 0.2) is 0 Å². The first-order valence-electron chi connectivity index (χ1n) is 7.04. The first-order chi connectivity index (χ1) is 8.41. The van der Waals surface area contributed by atoms with Crippen LogP contribution in [-0.2, 0) is 9.59 Å². The van der Waals surface area contributed by atoms with Gasteiger partial charge in [-0.25, -0.2) is 0 Å². The molecule has 0 aromatic rings. The summed E-state index contributed by atoms with van der Waals surface area (Å²) in [6.07, 6.45) is 3.08. The lowest BCUT2D eigenvalue weighted by atomic mass is 9.98. The molecule has 0 aromatic carbocycles. The maximum atomic E-state index is 12.5. The molecule has 1 saturated heterocycles. The van der Waals surface area contributed by atoms with E-state index in [0.29, 0.717) is 11.8 Å². The maximum Gasteiger partial charge on any atom is 0.246 e. The zero-order chi connectivity index (χ0) is 13.4. The Morgan fingerprint density at radius 2 is 1.89 bits per heavy atom. The quantitative estimate of drug-likeness (QED) is 0.825. The minimum absolute atomic E-state index is 0.00195. The standard InChI is InChI=1S/C14H24N2O2/c1-8(2)7-9(3)16-10(4)13(17)15-12(14(16)18)11-5-6-11/h8-12H,5-7H2,1-4H3,(H,15,17). The van der Waals surface area contributed by atoms with E-state index in [-0.39, 0.29) is 29.9 Å². The van der Waals surface area contributed by atoms with Crippen molar-refractivity contribution in [3.8, 4) is 0 Å². The molecule has 1 N–H and O–H groups in total. The Morgan fingerprint density at radius 3 is 2.39 bits per heavy atom. The van der Waals surface area contributed by atoms with Crippen molar-refractivity contribution in [2.75, 3.05) is 0 Å². The van der Waals surface area contributed by atoms with Crippen molar-refractivity contribution >= 4 is 11.8 Å². The monoisotopic (exact) mass is 252 g/mol. The molecule has 0 radical (unpaired) electrons. The molecule has 1 aliphatic heterocycles. The number of carbonyl (C=O) groups is 2. The van der Waals surface area contributed by atoms with Crippen LogP contribution in [0, 0.1) is 11.8 Å². The van der Waals surface area contributed by atoms with E-state index >= 15 is 0 Å². The minimum Gasteiger partial charge on any atom is -0.342 e. The highest BCUT2D eigenvalue weighted by Crippen LogP contribution is 2.35. The van der Waals surface area contributed by atoms with Gasteiger partial charge in [0.2, 0.25) is 11.8 Å². The Kier molecular flexibility index (Phi) is 3.64. The van der Waals surface area contributed by atoms with Gasteiger partial charge in [-0.05, 0) is 44.9 Å². The first-order valence-corrected chi connectivity index (χ1v) is 7.04. The molecular weight excluding hydrogens is 228 g/mol. The molecule has 102 valence electrons. The third kappa shape index (κ3) is 2.52. The highest BCUT2D eigenvalue weighted by atomic mass is 16.2. The molecule has 2 amide bonds. The van der Waals surface area contributed by atoms with Crippen molar-refractivity contribution in [2.24, 2.45) is 11.8 Å². The second-order valence-corrected chi connectivity index (χ2v) is 6.22. The molecule has 0 spiro atoms. The summed E-state index contributed by atoms with van der Waals surface area (Å²) >= 11 is 0. The number of piperazine rings is 1. The first kappa shape index (κ1) is 13.4. The molecule has 3 unspecified atom stereocenters. The SMILES string of the molecule is CC(C)CC(C)N1C(=O)C(C2CC2)NC(=O)C1C. The average Bonchev–Trinajstić information content (AvgIpc) is 3.06. The van der Waals surface area contributed by atoms with Gasteiger partial charge in [0, 0.05) is 6.04 Å². The average molecular weight is 252 g/mol. The third-order valence-electron chi connectivity index (χ3n) is 4.00. The number of hydrogen-bond donors (Lipinski definition) is 1. The number of carbonyl (C=O) groups excluding carboxylic acids is 2. The maximum absolute atomic E-state index is 12.5. The van der Waals surface area contributed by atoms with E-state index in [1.807, 2.05) is 11.8 Å². The van der Waals surface area contributed by atoms with Crippen molar-refractivity contribution in [2.45, 2.75) is 65.1 Å². The van der Waals surface area contributed by atoms with Crippen LogP contribution in [-0.4, -0.2) is 34.8 Å². The Labute approximate surface area is 109 Å². The van der Waals surface area contributed by atoms with Crippen LogP contribution in [0.3, 0.4) is 0 Å². The van der Waals surface area contributed by atoms with Gasteiger partial charge in [-0.3, -0.25) is 9.59 Å². The number of nitrogens with zero attached hydrogens (tertiary/aromatic N) is 1. The second kappa shape index (κ2) is 4.90.